The molecule has 3 aromatic carbocycles. The Morgan fingerprint density at radius 3 is 2.53 bits per heavy atom. The first-order chi connectivity index (χ1) is 15.5. The highest BCUT2D eigenvalue weighted by atomic mass is 35.5. The number of rotatable bonds is 7. The number of aliphatic imine (C=N–C) groups is 1. The lowest BCUT2D eigenvalue weighted by atomic mass is 10.1. The SMILES string of the molecule is CCOc1cc(/C=C2\N=C(c3ccc(C)cc3)OC2=O)ccc1OCc1ccccc1Cl. The number of carbonyl (C=O) groups excluding carboxylic acids is 1. The van der Waals surface area contributed by atoms with Crippen LogP contribution in [0, 0.1) is 6.92 Å². The minimum Gasteiger partial charge on any atom is -0.490 e. The molecule has 1 aliphatic heterocycles. The molecule has 1 aliphatic rings. The highest BCUT2D eigenvalue weighted by Crippen LogP contribution is 2.31. The van der Waals surface area contributed by atoms with Crippen molar-refractivity contribution in [2.75, 3.05) is 6.61 Å². The predicted octanol–water partition coefficient (Wildman–Crippen LogP) is 5.97. The van der Waals surface area contributed by atoms with Gasteiger partial charge >= 0.3 is 5.97 Å². The van der Waals surface area contributed by atoms with Crippen molar-refractivity contribution in [1.29, 1.82) is 0 Å². The van der Waals surface area contributed by atoms with Crippen molar-refractivity contribution in [2.45, 2.75) is 20.5 Å². The number of carbonyl (C=O) groups is 1. The molecular weight excluding hydrogens is 426 g/mol. The summed E-state index contributed by atoms with van der Waals surface area (Å²) in [6.45, 7) is 4.68. The fraction of sp³-hybridized carbons (Fsp3) is 0.154. The van der Waals surface area contributed by atoms with E-state index >= 15 is 0 Å². The highest BCUT2D eigenvalue weighted by Gasteiger charge is 2.24. The van der Waals surface area contributed by atoms with Crippen LogP contribution in [0.15, 0.2) is 77.4 Å². The number of halogens is 1. The van der Waals surface area contributed by atoms with E-state index in [0.29, 0.717) is 35.6 Å². The Morgan fingerprint density at radius 2 is 1.78 bits per heavy atom. The maximum atomic E-state index is 12.3. The van der Waals surface area contributed by atoms with E-state index in [2.05, 4.69) is 4.99 Å². The van der Waals surface area contributed by atoms with Gasteiger partial charge in [0.1, 0.15) is 6.61 Å². The Kier molecular flexibility index (Phi) is 6.57. The van der Waals surface area contributed by atoms with E-state index in [-0.39, 0.29) is 5.70 Å². The zero-order chi connectivity index (χ0) is 22.5. The van der Waals surface area contributed by atoms with Crippen LogP contribution in [0.1, 0.15) is 29.2 Å². The van der Waals surface area contributed by atoms with E-state index in [0.717, 1.165) is 22.3 Å². The molecule has 0 radical (unpaired) electrons. The van der Waals surface area contributed by atoms with Crippen molar-refractivity contribution in [1.82, 2.24) is 0 Å². The van der Waals surface area contributed by atoms with Gasteiger partial charge in [-0.05, 0) is 55.8 Å². The molecule has 0 bridgehead atoms. The second-order valence-electron chi connectivity index (χ2n) is 7.22. The van der Waals surface area contributed by atoms with Crippen LogP contribution in [0.3, 0.4) is 0 Å². The van der Waals surface area contributed by atoms with Crippen LogP contribution in [0.4, 0.5) is 0 Å². The van der Waals surface area contributed by atoms with Gasteiger partial charge < -0.3 is 14.2 Å². The molecule has 0 amide bonds. The van der Waals surface area contributed by atoms with Gasteiger partial charge in [-0.15, -0.1) is 0 Å². The fourth-order valence-corrected chi connectivity index (χ4v) is 3.35. The lowest BCUT2D eigenvalue weighted by Gasteiger charge is -2.13. The Balaban J connectivity index is 1.56. The molecule has 0 spiro atoms. The summed E-state index contributed by atoms with van der Waals surface area (Å²) in [5, 5.41) is 0.647. The van der Waals surface area contributed by atoms with Gasteiger partial charge in [0.05, 0.1) is 6.61 Å². The predicted molar refractivity (Wildman–Crippen MR) is 125 cm³/mol. The van der Waals surface area contributed by atoms with E-state index in [1.165, 1.54) is 0 Å². The molecule has 32 heavy (non-hydrogen) atoms. The number of nitrogens with zero attached hydrogens (tertiary/aromatic N) is 1. The van der Waals surface area contributed by atoms with Crippen LogP contribution in [0.2, 0.25) is 5.02 Å². The summed E-state index contributed by atoms with van der Waals surface area (Å²) in [4.78, 5) is 16.7. The van der Waals surface area contributed by atoms with Crippen molar-refractivity contribution in [3.05, 3.63) is 99.7 Å². The number of cyclic esters (lactones) is 1. The second-order valence-corrected chi connectivity index (χ2v) is 7.63. The zero-order valence-electron chi connectivity index (χ0n) is 17.8. The summed E-state index contributed by atoms with van der Waals surface area (Å²) in [6.07, 6.45) is 1.67. The van der Waals surface area contributed by atoms with Crippen LogP contribution in [0.25, 0.3) is 6.08 Å². The summed E-state index contributed by atoms with van der Waals surface area (Å²) in [5.41, 5.74) is 3.74. The molecule has 1 heterocycles. The molecule has 0 saturated carbocycles. The summed E-state index contributed by atoms with van der Waals surface area (Å²) in [5.74, 6) is 0.971. The lowest BCUT2D eigenvalue weighted by Crippen LogP contribution is -2.05. The van der Waals surface area contributed by atoms with E-state index in [1.807, 2.05) is 74.5 Å². The van der Waals surface area contributed by atoms with Crippen molar-refractivity contribution in [3.8, 4) is 11.5 Å². The van der Waals surface area contributed by atoms with Crippen LogP contribution >= 0.6 is 11.6 Å². The summed E-state index contributed by atoms with van der Waals surface area (Å²) in [6, 6.07) is 20.6. The molecule has 0 N–H and O–H groups in total. The molecule has 3 aromatic rings. The van der Waals surface area contributed by atoms with Crippen LogP contribution in [-0.2, 0) is 16.1 Å². The number of hydrogen-bond acceptors (Lipinski definition) is 5. The van der Waals surface area contributed by atoms with Gasteiger partial charge in [-0.25, -0.2) is 9.79 Å². The molecule has 0 saturated heterocycles. The molecule has 0 aliphatic carbocycles. The Bertz CT molecular complexity index is 1200. The van der Waals surface area contributed by atoms with E-state index in [9.17, 15) is 4.79 Å². The number of benzene rings is 3. The number of hydrogen-bond donors (Lipinski definition) is 0. The number of esters is 1. The molecule has 4 rings (SSSR count). The Morgan fingerprint density at radius 1 is 1.00 bits per heavy atom. The van der Waals surface area contributed by atoms with Crippen molar-refractivity contribution in [2.24, 2.45) is 4.99 Å². The van der Waals surface area contributed by atoms with Gasteiger partial charge in [0.2, 0.25) is 5.90 Å². The van der Waals surface area contributed by atoms with E-state index in [1.54, 1.807) is 12.1 Å². The molecule has 5 nitrogen and oxygen atoms in total. The first-order valence-corrected chi connectivity index (χ1v) is 10.6. The van der Waals surface area contributed by atoms with Crippen molar-refractivity contribution >= 4 is 29.5 Å². The molecule has 162 valence electrons. The fourth-order valence-electron chi connectivity index (χ4n) is 3.16. The molecule has 0 atom stereocenters. The second kappa shape index (κ2) is 9.71. The quantitative estimate of drug-likeness (QED) is 0.330. The third-order valence-corrected chi connectivity index (χ3v) is 5.20. The third kappa shape index (κ3) is 5.01. The first-order valence-electron chi connectivity index (χ1n) is 10.3. The molecule has 6 heteroatoms. The molecule has 0 aromatic heterocycles. The van der Waals surface area contributed by atoms with Crippen molar-refractivity contribution in [3.63, 3.8) is 0 Å². The van der Waals surface area contributed by atoms with Crippen molar-refractivity contribution < 1.29 is 19.0 Å². The Labute approximate surface area is 191 Å². The van der Waals surface area contributed by atoms with Crippen LogP contribution in [0.5, 0.6) is 11.5 Å². The minimum atomic E-state index is -0.488. The van der Waals surface area contributed by atoms with Gasteiger partial charge in [0.15, 0.2) is 17.2 Å². The normalized spacial score (nSPS) is 14.3. The van der Waals surface area contributed by atoms with E-state index in [4.69, 9.17) is 25.8 Å². The van der Waals surface area contributed by atoms with E-state index < -0.39 is 5.97 Å². The highest BCUT2D eigenvalue weighted by molar-refractivity contribution is 6.31. The molecular formula is C26H22ClNO4. The summed E-state index contributed by atoms with van der Waals surface area (Å²) < 4.78 is 17.0. The van der Waals surface area contributed by atoms with Gasteiger partial charge in [-0.3, -0.25) is 0 Å². The topological polar surface area (TPSA) is 57.1 Å². The van der Waals surface area contributed by atoms with Crippen LogP contribution in [-0.4, -0.2) is 18.5 Å². The first kappa shape index (κ1) is 21.7. The minimum absolute atomic E-state index is 0.229. The van der Waals surface area contributed by atoms with Gasteiger partial charge in [0, 0.05) is 16.1 Å². The van der Waals surface area contributed by atoms with Gasteiger partial charge in [-0.2, -0.15) is 0 Å². The monoisotopic (exact) mass is 447 g/mol. The molecule has 0 fully saturated rings. The Hall–Kier alpha value is -3.57. The van der Waals surface area contributed by atoms with Gasteiger partial charge in [0.25, 0.3) is 0 Å². The maximum Gasteiger partial charge on any atom is 0.363 e. The largest absolute Gasteiger partial charge is 0.490 e. The lowest BCUT2D eigenvalue weighted by molar-refractivity contribution is -0.129. The third-order valence-electron chi connectivity index (χ3n) is 4.83. The maximum absolute atomic E-state index is 12.3. The number of aryl methyl sites for hydroxylation is 1. The van der Waals surface area contributed by atoms with Gasteiger partial charge in [-0.1, -0.05) is 53.6 Å². The molecule has 0 unspecified atom stereocenters. The van der Waals surface area contributed by atoms with Crippen LogP contribution < -0.4 is 9.47 Å². The standard InChI is InChI=1S/C26H22ClNO4/c1-3-30-24-15-18(10-13-23(24)31-16-20-6-4-5-7-21(20)27)14-22-26(29)32-25(28-22)19-11-8-17(2)9-12-19/h4-15H,3,16H2,1-2H3/b22-14-. The average Bonchev–Trinajstić information content (AvgIpc) is 3.15. The zero-order valence-corrected chi connectivity index (χ0v) is 18.6. The number of ether oxygens (including phenoxy) is 3. The smallest absolute Gasteiger partial charge is 0.363 e. The summed E-state index contributed by atoms with van der Waals surface area (Å²) >= 11 is 6.21. The summed E-state index contributed by atoms with van der Waals surface area (Å²) in [7, 11) is 0. The average molecular weight is 448 g/mol.